The van der Waals surface area contributed by atoms with Crippen LogP contribution in [-0.2, 0) is 10.4 Å². The van der Waals surface area contributed by atoms with E-state index in [2.05, 4.69) is 36.2 Å². The van der Waals surface area contributed by atoms with E-state index in [1.165, 1.54) is 19.4 Å². The maximum absolute atomic E-state index is 8.74. The van der Waals surface area contributed by atoms with Crippen molar-refractivity contribution < 1.29 is 17.5 Å². The van der Waals surface area contributed by atoms with Gasteiger partial charge in [0.05, 0.1) is 6.67 Å². The van der Waals surface area contributed by atoms with Gasteiger partial charge in [0.25, 0.3) is 0 Å². The fraction of sp³-hybridized carbons (Fsp3) is 0.750. The first-order chi connectivity index (χ1) is 6.83. The Bertz CT molecular complexity index is 284. The number of hydrogen-bond donors (Lipinski definition) is 3. The first-order valence-electron chi connectivity index (χ1n) is 4.65. The van der Waals surface area contributed by atoms with Gasteiger partial charge in [0.15, 0.2) is 0 Å². The Morgan fingerprint density at radius 1 is 1.31 bits per heavy atom. The zero-order valence-corrected chi connectivity index (χ0v) is 10.5. The molecule has 16 heavy (non-hydrogen) atoms. The van der Waals surface area contributed by atoms with Crippen molar-refractivity contribution in [1.82, 2.24) is 16.0 Å². The van der Waals surface area contributed by atoms with E-state index in [-0.39, 0.29) is 6.15 Å². The minimum Gasteiger partial charge on any atom is -0.362 e. The Hall–Kier alpha value is -0.830. The molecule has 0 fully saturated rings. The molecule has 0 spiro atoms. The van der Waals surface area contributed by atoms with E-state index in [4.69, 9.17) is 17.5 Å². The highest BCUT2D eigenvalue weighted by atomic mass is 32.3. The lowest BCUT2D eigenvalue weighted by Crippen LogP contribution is -2.23. The summed E-state index contributed by atoms with van der Waals surface area (Å²) in [6.45, 7) is 4.50. The zero-order chi connectivity index (χ0) is 11.9. The van der Waals surface area contributed by atoms with Gasteiger partial charge in [-0.05, 0) is 6.42 Å². The highest BCUT2D eigenvalue weighted by molar-refractivity contribution is 7.79. The molecule has 0 aromatic rings. The SMILES string of the molecule is CCCCN1C=CN(C)C1.N.O=S(=O)(O)O. The predicted octanol–water partition coefficient (Wildman–Crippen LogP) is 0.972. The van der Waals surface area contributed by atoms with E-state index in [9.17, 15) is 0 Å². The lowest BCUT2D eigenvalue weighted by Gasteiger charge is -2.17. The number of rotatable bonds is 3. The van der Waals surface area contributed by atoms with Crippen molar-refractivity contribution in [2.75, 3.05) is 20.3 Å². The second kappa shape index (κ2) is 8.34. The van der Waals surface area contributed by atoms with Crippen molar-refractivity contribution in [3.05, 3.63) is 12.4 Å². The minimum absolute atomic E-state index is 0. The molecule has 0 aromatic heterocycles. The van der Waals surface area contributed by atoms with Crippen LogP contribution in [-0.4, -0.2) is 47.6 Å². The van der Waals surface area contributed by atoms with Gasteiger partial charge >= 0.3 is 10.4 Å². The Balaban J connectivity index is 0. The third kappa shape index (κ3) is 13.2. The van der Waals surface area contributed by atoms with Crippen LogP contribution in [0.3, 0.4) is 0 Å². The second-order valence-electron chi connectivity index (χ2n) is 3.31. The Kier molecular flexibility index (Phi) is 9.15. The van der Waals surface area contributed by atoms with Crippen LogP contribution >= 0.6 is 0 Å². The van der Waals surface area contributed by atoms with Crippen molar-refractivity contribution in [3.8, 4) is 0 Å². The lowest BCUT2D eigenvalue weighted by atomic mass is 10.3. The fourth-order valence-corrected chi connectivity index (χ4v) is 1.10. The van der Waals surface area contributed by atoms with E-state index >= 15 is 0 Å². The zero-order valence-electron chi connectivity index (χ0n) is 9.70. The Morgan fingerprint density at radius 2 is 1.81 bits per heavy atom. The van der Waals surface area contributed by atoms with Crippen molar-refractivity contribution in [2.45, 2.75) is 19.8 Å². The Labute approximate surface area is 96.9 Å². The van der Waals surface area contributed by atoms with Crippen LogP contribution in [0.25, 0.3) is 0 Å². The summed E-state index contributed by atoms with van der Waals surface area (Å²) in [5, 5.41) is 0. The average molecular weight is 255 g/mol. The van der Waals surface area contributed by atoms with Crippen LogP contribution in [0.4, 0.5) is 0 Å². The predicted molar refractivity (Wildman–Crippen MR) is 62.6 cm³/mol. The highest BCUT2D eigenvalue weighted by Gasteiger charge is 2.05. The molecule has 0 unspecified atom stereocenters. The number of nitrogens with zero attached hydrogens (tertiary/aromatic N) is 2. The molecule has 1 aliphatic heterocycles. The maximum atomic E-state index is 8.74. The highest BCUT2D eigenvalue weighted by Crippen LogP contribution is 2.04. The molecule has 1 heterocycles. The average Bonchev–Trinajstić information content (AvgIpc) is 2.45. The molecule has 0 saturated carbocycles. The van der Waals surface area contributed by atoms with E-state index in [1.807, 2.05) is 0 Å². The van der Waals surface area contributed by atoms with Crippen molar-refractivity contribution in [3.63, 3.8) is 0 Å². The third-order valence-corrected chi connectivity index (χ3v) is 1.74. The van der Waals surface area contributed by atoms with E-state index < -0.39 is 10.4 Å². The first-order valence-corrected chi connectivity index (χ1v) is 6.05. The smallest absolute Gasteiger partial charge is 0.362 e. The summed E-state index contributed by atoms with van der Waals surface area (Å²) in [5.74, 6) is 0. The lowest BCUT2D eigenvalue weighted by molar-refractivity contribution is 0.293. The molecule has 0 aromatic carbocycles. The number of hydrogen-bond acceptors (Lipinski definition) is 5. The molecule has 98 valence electrons. The summed E-state index contributed by atoms with van der Waals surface area (Å²) < 4.78 is 31.6. The van der Waals surface area contributed by atoms with Gasteiger partial charge in [-0.1, -0.05) is 13.3 Å². The van der Waals surface area contributed by atoms with E-state index in [0.717, 1.165) is 6.67 Å². The van der Waals surface area contributed by atoms with Crippen molar-refractivity contribution in [1.29, 1.82) is 0 Å². The molecule has 1 rings (SSSR count). The topological polar surface area (TPSA) is 116 Å². The van der Waals surface area contributed by atoms with Crippen LogP contribution in [0.1, 0.15) is 19.8 Å². The van der Waals surface area contributed by atoms with Crippen LogP contribution in [0, 0.1) is 0 Å². The van der Waals surface area contributed by atoms with E-state index in [1.54, 1.807) is 0 Å². The van der Waals surface area contributed by atoms with Gasteiger partial charge < -0.3 is 16.0 Å². The summed E-state index contributed by atoms with van der Waals surface area (Å²) in [7, 11) is -2.57. The quantitative estimate of drug-likeness (QED) is 0.643. The molecular weight excluding hydrogens is 234 g/mol. The second-order valence-corrected chi connectivity index (χ2v) is 4.21. The van der Waals surface area contributed by atoms with Gasteiger partial charge in [-0.2, -0.15) is 8.42 Å². The molecule has 5 N–H and O–H groups in total. The molecule has 7 nitrogen and oxygen atoms in total. The monoisotopic (exact) mass is 255 g/mol. The first kappa shape index (κ1) is 17.6. The molecule has 0 bridgehead atoms. The molecule has 8 heteroatoms. The van der Waals surface area contributed by atoms with Crippen LogP contribution in [0.2, 0.25) is 0 Å². The van der Waals surface area contributed by atoms with Crippen LogP contribution < -0.4 is 6.15 Å². The number of unbranched alkanes of at least 4 members (excludes halogenated alkanes) is 1. The maximum Gasteiger partial charge on any atom is 0.394 e. The van der Waals surface area contributed by atoms with Crippen molar-refractivity contribution in [2.24, 2.45) is 0 Å². The van der Waals surface area contributed by atoms with E-state index in [0.29, 0.717) is 0 Å². The summed E-state index contributed by atoms with van der Waals surface area (Å²) in [6.07, 6.45) is 6.87. The summed E-state index contributed by atoms with van der Waals surface area (Å²) in [4.78, 5) is 4.53. The molecule has 1 aliphatic rings. The van der Waals surface area contributed by atoms with Gasteiger partial charge in [0, 0.05) is 26.0 Å². The van der Waals surface area contributed by atoms with Crippen molar-refractivity contribution >= 4 is 10.4 Å². The standard InChI is InChI=1S/C8H16N2.H3N.H2O4S/c1-3-4-5-10-7-6-9(2)8-10;;1-5(2,3)4/h6-7H,3-5,8H2,1-2H3;1H3;(H2,1,2,3,4). The summed E-state index contributed by atoms with van der Waals surface area (Å²) in [5.41, 5.74) is 0. The summed E-state index contributed by atoms with van der Waals surface area (Å²) in [6, 6.07) is 0. The van der Waals surface area contributed by atoms with Gasteiger partial charge in [-0.25, -0.2) is 0 Å². The largest absolute Gasteiger partial charge is 0.394 e. The molecule has 0 aliphatic carbocycles. The Morgan fingerprint density at radius 3 is 2.12 bits per heavy atom. The minimum atomic E-state index is -4.67. The molecule has 0 atom stereocenters. The third-order valence-electron chi connectivity index (χ3n) is 1.74. The van der Waals surface area contributed by atoms with Gasteiger partial charge in [0.1, 0.15) is 0 Å². The molecule has 0 amide bonds. The molecule has 0 radical (unpaired) electrons. The normalized spacial score (nSPS) is 14.2. The van der Waals surface area contributed by atoms with Crippen LogP contribution in [0.5, 0.6) is 0 Å². The molecule has 0 saturated heterocycles. The molecular formula is C8H21N3O4S. The van der Waals surface area contributed by atoms with Gasteiger partial charge in [0.2, 0.25) is 0 Å². The van der Waals surface area contributed by atoms with Crippen LogP contribution in [0.15, 0.2) is 12.4 Å². The van der Waals surface area contributed by atoms with Gasteiger partial charge in [-0.3, -0.25) is 9.11 Å². The summed E-state index contributed by atoms with van der Waals surface area (Å²) >= 11 is 0. The fourth-order valence-electron chi connectivity index (χ4n) is 1.10. The van der Waals surface area contributed by atoms with Gasteiger partial charge in [-0.15, -0.1) is 0 Å².